The maximum atomic E-state index is 10.3. The fourth-order valence-electron chi connectivity index (χ4n) is 3.87. The maximum absolute atomic E-state index is 10.3. The molecule has 0 fully saturated rings. The lowest BCUT2D eigenvalue weighted by atomic mass is 9.74. The molecule has 0 saturated carbocycles. The molecule has 3 aromatic rings. The predicted molar refractivity (Wildman–Crippen MR) is 126 cm³/mol. The minimum atomic E-state index is -0.519. The van der Waals surface area contributed by atoms with Crippen LogP contribution in [-0.2, 0) is 5.41 Å². The summed E-state index contributed by atoms with van der Waals surface area (Å²) in [5, 5.41) is 24.9. The van der Waals surface area contributed by atoms with E-state index >= 15 is 0 Å². The Morgan fingerprint density at radius 2 is 1.81 bits per heavy atom. The van der Waals surface area contributed by atoms with E-state index in [1.54, 1.807) is 11.3 Å². The third-order valence-electron chi connectivity index (χ3n) is 6.27. The highest BCUT2D eigenvalue weighted by Crippen LogP contribution is 2.45. The van der Waals surface area contributed by atoms with Gasteiger partial charge in [0.05, 0.1) is 11.0 Å². The Morgan fingerprint density at radius 3 is 2.35 bits per heavy atom. The molecule has 0 saturated heterocycles. The Hall–Kier alpha value is -2.25. The fraction of sp³-hybridized carbons (Fsp3) is 0.542. The van der Waals surface area contributed by atoms with Crippen molar-refractivity contribution in [3.8, 4) is 16.5 Å². The summed E-state index contributed by atoms with van der Waals surface area (Å²) in [5.41, 5.74) is 3.23. The first-order valence-corrected chi connectivity index (χ1v) is 11.7. The zero-order valence-electron chi connectivity index (χ0n) is 19.6. The SMILES string of the molecule is CCC(CC)(c1ccc(OCC(O)C(C)(C)C)c(C)c1)c1cc(C)c(-c2nn[nH]n2)s1. The quantitative estimate of drug-likeness (QED) is 0.485. The summed E-state index contributed by atoms with van der Waals surface area (Å²) in [7, 11) is 0. The summed E-state index contributed by atoms with van der Waals surface area (Å²) in [6, 6.07) is 8.71. The molecule has 1 unspecified atom stereocenters. The van der Waals surface area contributed by atoms with E-state index in [1.165, 1.54) is 16.0 Å². The molecule has 1 aromatic carbocycles. The van der Waals surface area contributed by atoms with Crippen molar-refractivity contribution in [2.24, 2.45) is 5.41 Å². The Kier molecular flexibility index (Phi) is 6.86. The molecule has 0 spiro atoms. The lowest BCUT2D eigenvalue weighted by Crippen LogP contribution is -2.32. The van der Waals surface area contributed by atoms with Gasteiger partial charge in [-0.1, -0.05) is 46.8 Å². The molecule has 0 radical (unpaired) electrons. The molecule has 2 aromatic heterocycles. The van der Waals surface area contributed by atoms with Crippen molar-refractivity contribution < 1.29 is 9.84 Å². The van der Waals surface area contributed by atoms with E-state index in [0.717, 1.165) is 29.0 Å². The Balaban J connectivity index is 1.93. The van der Waals surface area contributed by atoms with Crippen molar-refractivity contribution in [1.82, 2.24) is 20.6 Å². The monoisotopic (exact) mass is 442 g/mol. The van der Waals surface area contributed by atoms with Crippen LogP contribution in [0.15, 0.2) is 24.3 Å². The summed E-state index contributed by atoms with van der Waals surface area (Å²) in [4.78, 5) is 2.37. The molecule has 1 atom stereocenters. The number of tetrazole rings is 1. The summed E-state index contributed by atoms with van der Waals surface area (Å²) in [6.45, 7) is 15.0. The number of H-pyrrole nitrogens is 1. The molecular formula is C24H34N4O2S. The number of aryl methyl sites for hydroxylation is 2. The van der Waals surface area contributed by atoms with Gasteiger partial charge in [-0.3, -0.25) is 0 Å². The van der Waals surface area contributed by atoms with Crippen LogP contribution >= 0.6 is 11.3 Å². The number of aromatic amines is 1. The second kappa shape index (κ2) is 9.09. The molecule has 2 N–H and O–H groups in total. The minimum absolute atomic E-state index is 0.0916. The number of thiophene rings is 1. The Labute approximate surface area is 189 Å². The normalized spacial score (nSPS) is 13.4. The van der Waals surface area contributed by atoms with Gasteiger partial charge in [-0.2, -0.15) is 5.21 Å². The highest BCUT2D eigenvalue weighted by atomic mass is 32.1. The van der Waals surface area contributed by atoms with Crippen molar-refractivity contribution in [2.45, 2.75) is 72.8 Å². The number of aromatic nitrogens is 4. The number of aliphatic hydroxyl groups is 1. The Bertz CT molecular complexity index is 1000. The lowest BCUT2D eigenvalue weighted by molar-refractivity contribution is 0.0216. The highest BCUT2D eigenvalue weighted by molar-refractivity contribution is 7.15. The van der Waals surface area contributed by atoms with Gasteiger partial charge in [0.25, 0.3) is 0 Å². The van der Waals surface area contributed by atoms with Crippen LogP contribution in [0.25, 0.3) is 10.7 Å². The predicted octanol–water partition coefficient (Wildman–Crippen LogP) is 5.44. The van der Waals surface area contributed by atoms with Crippen molar-refractivity contribution in [2.75, 3.05) is 6.61 Å². The van der Waals surface area contributed by atoms with Crippen LogP contribution in [0.1, 0.15) is 69.0 Å². The number of ether oxygens (including phenoxy) is 1. The third-order valence-corrected chi connectivity index (χ3v) is 7.71. The number of benzene rings is 1. The van der Waals surface area contributed by atoms with Gasteiger partial charge in [0.2, 0.25) is 5.82 Å². The third kappa shape index (κ3) is 4.67. The zero-order valence-corrected chi connectivity index (χ0v) is 20.4. The fourth-order valence-corrected chi connectivity index (χ4v) is 5.33. The first-order chi connectivity index (χ1) is 14.6. The van der Waals surface area contributed by atoms with Crippen molar-refractivity contribution in [1.29, 1.82) is 0 Å². The summed E-state index contributed by atoms with van der Waals surface area (Å²) in [5.74, 6) is 1.47. The van der Waals surface area contributed by atoms with Gasteiger partial charge in [0.15, 0.2) is 0 Å². The molecule has 0 amide bonds. The minimum Gasteiger partial charge on any atom is -0.491 e. The summed E-state index contributed by atoms with van der Waals surface area (Å²) >= 11 is 1.75. The number of hydrogen-bond donors (Lipinski definition) is 2. The lowest BCUT2D eigenvalue weighted by Gasteiger charge is -2.32. The van der Waals surface area contributed by atoms with Gasteiger partial charge in [-0.05, 0) is 66.1 Å². The summed E-state index contributed by atoms with van der Waals surface area (Å²) in [6.07, 6.45) is 1.45. The second-order valence-electron chi connectivity index (χ2n) is 9.32. The topological polar surface area (TPSA) is 83.9 Å². The van der Waals surface area contributed by atoms with Gasteiger partial charge >= 0.3 is 0 Å². The molecular weight excluding hydrogens is 408 g/mol. The average molecular weight is 443 g/mol. The molecule has 31 heavy (non-hydrogen) atoms. The zero-order chi connectivity index (χ0) is 22.8. The van der Waals surface area contributed by atoms with Crippen LogP contribution < -0.4 is 4.74 Å². The largest absolute Gasteiger partial charge is 0.491 e. The number of nitrogens with one attached hydrogen (secondary N) is 1. The number of hydrogen-bond acceptors (Lipinski definition) is 6. The van der Waals surface area contributed by atoms with Crippen molar-refractivity contribution >= 4 is 11.3 Å². The molecule has 3 rings (SSSR count). The summed E-state index contributed by atoms with van der Waals surface area (Å²) < 4.78 is 5.96. The molecule has 168 valence electrons. The second-order valence-corrected chi connectivity index (χ2v) is 10.4. The van der Waals surface area contributed by atoms with Crippen LogP contribution in [0.3, 0.4) is 0 Å². The van der Waals surface area contributed by atoms with Gasteiger partial charge in [-0.15, -0.1) is 21.5 Å². The average Bonchev–Trinajstić information content (AvgIpc) is 3.37. The van der Waals surface area contributed by atoms with Gasteiger partial charge in [-0.25, -0.2) is 0 Å². The van der Waals surface area contributed by atoms with E-state index in [1.807, 2.05) is 26.8 Å². The highest BCUT2D eigenvalue weighted by Gasteiger charge is 2.34. The maximum Gasteiger partial charge on any atom is 0.214 e. The van der Waals surface area contributed by atoms with Crippen LogP contribution in [0.2, 0.25) is 0 Å². The molecule has 7 heteroatoms. The van der Waals surface area contributed by atoms with E-state index in [0.29, 0.717) is 5.82 Å². The van der Waals surface area contributed by atoms with Gasteiger partial charge in [0.1, 0.15) is 12.4 Å². The Morgan fingerprint density at radius 1 is 1.10 bits per heavy atom. The molecule has 6 nitrogen and oxygen atoms in total. The van der Waals surface area contributed by atoms with E-state index in [9.17, 15) is 5.11 Å². The smallest absolute Gasteiger partial charge is 0.214 e. The van der Waals surface area contributed by atoms with Crippen molar-refractivity contribution in [3.05, 3.63) is 45.8 Å². The number of rotatable bonds is 8. The standard InChI is InChI=1S/C24H34N4O2S/c1-8-24(9-2,20-13-16(4)21(31-20)22-25-27-28-26-22)17-10-11-18(15(3)12-17)30-14-19(29)23(5,6)7/h10-13,19,29H,8-9,14H2,1-7H3,(H,25,26,27,28). The number of aliphatic hydroxyl groups excluding tert-OH is 1. The molecule has 0 bridgehead atoms. The van der Waals surface area contributed by atoms with Crippen LogP contribution in [0.4, 0.5) is 0 Å². The number of nitrogens with zero attached hydrogens (tertiary/aromatic N) is 3. The molecule has 0 aliphatic heterocycles. The van der Waals surface area contributed by atoms with Crippen LogP contribution in [-0.4, -0.2) is 38.4 Å². The van der Waals surface area contributed by atoms with E-state index < -0.39 is 6.10 Å². The van der Waals surface area contributed by atoms with E-state index in [-0.39, 0.29) is 17.4 Å². The van der Waals surface area contributed by atoms with Crippen LogP contribution in [0.5, 0.6) is 5.75 Å². The molecule has 0 aliphatic rings. The van der Waals surface area contributed by atoms with Gasteiger partial charge < -0.3 is 9.84 Å². The molecule has 0 aliphatic carbocycles. The van der Waals surface area contributed by atoms with E-state index in [2.05, 4.69) is 66.5 Å². The van der Waals surface area contributed by atoms with Gasteiger partial charge in [0, 0.05) is 10.3 Å². The molecule has 2 heterocycles. The van der Waals surface area contributed by atoms with E-state index in [4.69, 9.17) is 4.74 Å². The first-order valence-electron chi connectivity index (χ1n) is 10.9. The van der Waals surface area contributed by atoms with Crippen molar-refractivity contribution in [3.63, 3.8) is 0 Å². The first kappa shape index (κ1) is 23.4. The van der Waals surface area contributed by atoms with Crippen LogP contribution in [0, 0.1) is 19.3 Å².